The summed E-state index contributed by atoms with van der Waals surface area (Å²) in [4.78, 5) is 15.0. The first-order valence-corrected chi connectivity index (χ1v) is 10.3. The van der Waals surface area contributed by atoms with Crippen molar-refractivity contribution in [3.05, 3.63) is 54.0 Å². The van der Waals surface area contributed by atoms with Gasteiger partial charge in [-0.3, -0.25) is 9.48 Å². The van der Waals surface area contributed by atoms with Gasteiger partial charge in [0.15, 0.2) is 0 Å². The molecule has 0 bridgehead atoms. The lowest BCUT2D eigenvalue weighted by Crippen LogP contribution is -2.43. The van der Waals surface area contributed by atoms with Gasteiger partial charge in [-0.25, -0.2) is 4.39 Å². The van der Waals surface area contributed by atoms with E-state index in [0.29, 0.717) is 17.2 Å². The van der Waals surface area contributed by atoms with Crippen LogP contribution < -0.4 is 9.64 Å². The lowest BCUT2D eigenvalue weighted by Gasteiger charge is -2.36. The van der Waals surface area contributed by atoms with Crippen LogP contribution in [-0.4, -0.2) is 26.9 Å². The number of hydrogen-bond acceptors (Lipinski definition) is 4. The molecule has 0 radical (unpaired) electrons. The Labute approximate surface area is 174 Å². The van der Waals surface area contributed by atoms with Gasteiger partial charge in [0.05, 0.1) is 11.9 Å². The summed E-state index contributed by atoms with van der Waals surface area (Å²) in [6.07, 6.45) is 5.41. The van der Waals surface area contributed by atoms with Crippen molar-refractivity contribution in [2.24, 2.45) is 13.0 Å². The molecule has 2 aliphatic rings. The summed E-state index contributed by atoms with van der Waals surface area (Å²) in [6, 6.07) is 10.0. The highest BCUT2D eigenvalue weighted by atomic mass is 19.1. The first-order chi connectivity index (χ1) is 14.5. The van der Waals surface area contributed by atoms with Gasteiger partial charge in [0.1, 0.15) is 23.0 Å². The zero-order valence-corrected chi connectivity index (χ0v) is 17.0. The fraction of sp³-hybridized carbons (Fsp3) is 0.348. The van der Waals surface area contributed by atoms with Gasteiger partial charge in [-0.05, 0) is 69.0 Å². The van der Waals surface area contributed by atoms with Crippen LogP contribution in [-0.2, 0) is 18.3 Å². The molecule has 5 rings (SSSR count). The van der Waals surface area contributed by atoms with Crippen molar-refractivity contribution in [2.75, 3.05) is 4.90 Å². The highest BCUT2D eigenvalue weighted by Crippen LogP contribution is 2.45. The lowest BCUT2D eigenvalue weighted by molar-refractivity contribution is -0.120. The molecule has 1 aliphatic carbocycles. The van der Waals surface area contributed by atoms with Crippen molar-refractivity contribution >= 4 is 11.6 Å². The standard InChI is InChI=1S/C23H23FN4O2/c1-14-3-10-19-21(28(14)23(29)15-4-5-15)12-11-18(20-13-27(2)26-25-20)22(19)30-17-8-6-16(24)7-9-17/h6-9,11-15H,3-5,10H2,1-2H3/t14-/m0/s1. The molecule has 2 heterocycles. The van der Waals surface area contributed by atoms with E-state index < -0.39 is 0 Å². The Morgan fingerprint density at radius 2 is 1.90 bits per heavy atom. The fourth-order valence-electron chi connectivity index (χ4n) is 4.08. The van der Waals surface area contributed by atoms with Gasteiger partial charge in [-0.1, -0.05) is 5.21 Å². The number of nitrogens with zero attached hydrogens (tertiary/aromatic N) is 4. The number of aromatic nitrogens is 3. The predicted octanol–water partition coefficient (Wildman–Crippen LogP) is 4.49. The first-order valence-electron chi connectivity index (χ1n) is 10.3. The maximum absolute atomic E-state index is 13.4. The molecule has 1 amide bonds. The van der Waals surface area contributed by atoms with Crippen LogP contribution in [0.15, 0.2) is 42.6 Å². The summed E-state index contributed by atoms with van der Waals surface area (Å²) >= 11 is 0. The lowest BCUT2D eigenvalue weighted by atomic mass is 9.92. The van der Waals surface area contributed by atoms with Gasteiger partial charge in [-0.2, -0.15) is 0 Å². The van der Waals surface area contributed by atoms with Crippen LogP contribution in [0.5, 0.6) is 11.5 Å². The quantitative estimate of drug-likeness (QED) is 0.641. The number of benzene rings is 2. The Morgan fingerprint density at radius 1 is 1.13 bits per heavy atom. The number of halogens is 1. The number of amides is 1. The summed E-state index contributed by atoms with van der Waals surface area (Å²) < 4.78 is 21.3. The molecule has 0 unspecified atom stereocenters. The smallest absolute Gasteiger partial charge is 0.230 e. The van der Waals surface area contributed by atoms with Crippen molar-refractivity contribution in [1.29, 1.82) is 0 Å². The average molecular weight is 406 g/mol. The molecule has 1 atom stereocenters. The molecule has 0 N–H and O–H groups in total. The van der Waals surface area contributed by atoms with E-state index in [0.717, 1.165) is 42.5 Å². The molecule has 1 aliphatic heterocycles. The minimum absolute atomic E-state index is 0.138. The van der Waals surface area contributed by atoms with Gasteiger partial charge in [0.2, 0.25) is 5.91 Å². The number of hydrogen-bond donors (Lipinski definition) is 0. The third-order valence-electron chi connectivity index (χ3n) is 5.82. The first kappa shape index (κ1) is 18.8. The molecule has 1 saturated carbocycles. The van der Waals surface area contributed by atoms with E-state index in [-0.39, 0.29) is 23.7 Å². The monoisotopic (exact) mass is 406 g/mol. The summed E-state index contributed by atoms with van der Waals surface area (Å²) in [6.45, 7) is 2.10. The third kappa shape index (κ3) is 3.34. The molecule has 30 heavy (non-hydrogen) atoms. The fourth-order valence-corrected chi connectivity index (χ4v) is 4.08. The zero-order valence-electron chi connectivity index (χ0n) is 17.0. The number of carbonyl (C=O) groups excluding carboxylic acids is 1. The molecule has 1 aromatic heterocycles. The van der Waals surface area contributed by atoms with E-state index in [2.05, 4.69) is 17.2 Å². The molecule has 6 nitrogen and oxygen atoms in total. The van der Waals surface area contributed by atoms with Gasteiger partial charge in [0, 0.05) is 30.1 Å². The number of carbonyl (C=O) groups is 1. The second-order valence-corrected chi connectivity index (χ2v) is 8.14. The van der Waals surface area contributed by atoms with Gasteiger partial charge >= 0.3 is 0 Å². The molecular weight excluding hydrogens is 383 g/mol. The largest absolute Gasteiger partial charge is 0.456 e. The summed E-state index contributed by atoms with van der Waals surface area (Å²) in [5, 5.41) is 8.30. The summed E-state index contributed by atoms with van der Waals surface area (Å²) in [5.41, 5.74) is 3.38. The van der Waals surface area contributed by atoms with E-state index in [1.165, 1.54) is 12.1 Å². The van der Waals surface area contributed by atoms with Crippen LogP contribution >= 0.6 is 0 Å². The predicted molar refractivity (Wildman–Crippen MR) is 111 cm³/mol. The van der Waals surface area contributed by atoms with E-state index in [9.17, 15) is 9.18 Å². The minimum Gasteiger partial charge on any atom is -0.456 e. The average Bonchev–Trinajstić information content (AvgIpc) is 3.50. The van der Waals surface area contributed by atoms with E-state index in [1.54, 1.807) is 16.8 Å². The summed E-state index contributed by atoms with van der Waals surface area (Å²) in [7, 11) is 1.81. The van der Waals surface area contributed by atoms with Crippen molar-refractivity contribution in [3.63, 3.8) is 0 Å². The van der Waals surface area contributed by atoms with Gasteiger partial charge < -0.3 is 9.64 Å². The number of rotatable bonds is 4. The molecule has 0 spiro atoms. The molecule has 0 saturated heterocycles. The van der Waals surface area contributed by atoms with Crippen LogP contribution in [0, 0.1) is 11.7 Å². The summed E-state index contributed by atoms with van der Waals surface area (Å²) in [5.74, 6) is 1.21. The Morgan fingerprint density at radius 3 is 2.57 bits per heavy atom. The van der Waals surface area contributed by atoms with Crippen molar-refractivity contribution in [3.8, 4) is 22.8 Å². The van der Waals surface area contributed by atoms with E-state index >= 15 is 0 Å². The Balaban J connectivity index is 1.64. The second-order valence-electron chi connectivity index (χ2n) is 8.14. The number of anilines is 1. The van der Waals surface area contributed by atoms with E-state index in [1.807, 2.05) is 30.3 Å². The Bertz CT molecular complexity index is 1100. The number of ether oxygens (including phenoxy) is 1. The van der Waals surface area contributed by atoms with Crippen LogP contribution in [0.2, 0.25) is 0 Å². The Hall–Kier alpha value is -3.22. The van der Waals surface area contributed by atoms with Gasteiger partial charge in [-0.15, -0.1) is 5.10 Å². The number of fused-ring (bicyclic) bond motifs is 1. The number of aryl methyl sites for hydroxylation is 1. The van der Waals surface area contributed by atoms with Crippen LogP contribution in [0.3, 0.4) is 0 Å². The molecule has 3 aromatic rings. The van der Waals surface area contributed by atoms with E-state index in [4.69, 9.17) is 4.74 Å². The molecule has 1 fully saturated rings. The molecule has 2 aromatic carbocycles. The van der Waals surface area contributed by atoms with Gasteiger partial charge in [0.25, 0.3) is 0 Å². The Kier molecular flexibility index (Phi) is 4.53. The highest BCUT2D eigenvalue weighted by Gasteiger charge is 2.39. The maximum Gasteiger partial charge on any atom is 0.230 e. The zero-order chi connectivity index (χ0) is 20.8. The van der Waals surface area contributed by atoms with Crippen LogP contribution in [0.4, 0.5) is 10.1 Å². The molecule has 7 heteroatoms. The van der Waals surface area contributed by atoms with Crippen LogP contribution in [0.1, 0.15) is 31.7 Å². The van der Waals surface area contributed by atoms with Crippen molar-refractivity contribution < 1.29 is 13.9 Å². The second kappa shape index (κ2) is 7.23. The molecular formula is C23H23FN4O2. The topological polar surface area (TPSA) is 60.2 Å². The van der Waals surface area contributed by atoms with Crippen LogP contribution in [0.25, 0.3) is 11.3 Å². The minimum atomic E-state index is -0.318. The SMILES string of the molecule is C[C@H]1CCc2c(ccc(-c3cn(C)nn3)c2Oc2ccc(F)cc2)N1C(=O)C1CC1. The normalized spacial score (nSPS) is 18.2. The van der Waals surface area contributed by atoms with Crippen molar-refractivity contribution in [2.45, 2.75) is 38.6 Å². The molecule has 154 valence electrons. The maximum atomic E-state index is 13.4. The highest BCUT2D eigenvalue weighted by molar-refractivity contribution is 5.99. The van der Waals surface area contributed by atoms with Crippen molar-refractivity contribution in [1.82, 2.24) is 15.0 Å². The third-order valence-corrected chi connectivity index (χ3v) is 5.82.